The van der Waals surface area contributed by atoms with Crippen LogP contribution < -0.4 is 0 Å². The summed E-state index contributed by atoms with van der Waals surface area (Å²) in [7, 11) is 1.63. The van der Waals surface area contributed by atoms with E-state index >= 15 is 0 Å². The number of halogens is 1. The number of amides is 2. The number of hydrogen-bond donors (Lipinski definition) is 0. The van der Waals surface area contributed by atoms with E-state index in [0.29, 0.717) is 13.1 Å². The standard InChI is InChI=1S/C12H12FN3O4/c1-14-4-5-15(7-11(14)17)12(18)8-2-3-10(16(19)20)9(13)6-8/h2-3,6H,4-5,7H2,1H3. The third-order valence-corrected chi connectivity index (χ3v) is 3.14. The van der Waals surface area contributed by atoms with E-state index in [1.807, 2.05) is 0 Å². The summed E-state index contributed by atoms with van der Waals surface area (Å²) in [6.07, 6.45) is 0. The fourth-order valence-corrected chi connectivity index (χ4v) is 1.90. The number of piperazine rings is 1. The molecule has 0 saturated carbocycles. The Balaban J connectivity index is 2.20. The predicted octanol–water partition coefficient (Wildman–Crippen LogP) is 0.648. The minimum absolute atomic E-state index is 0.00884. The molecular formula is C12H12FN3O4. The maximum Gasteiger partial charge on any atom is 0.304 e. The number of nitrogens with zero attached hydrogens (tertiary/aromatic N) is 3. The Hall–Kier alpha value is -2.51. The van der Waals surface area contributed by atoms with Gasteiger partial charge < -0.3 is 9.80 Å². The Morgan fingerprint density at radius 3 is 2.65 bits per heavy atom. The van der Waals surface area contributed by atoms with Gasteiger partial charge in [-0.3, -0.25) is 19.7 Å². The molecule has 20 heavy (non-hydrogen) atoms. The third-order valence-electron chi connectivity index (χ3n) is 3.14. The average molecular weight is 281 g/mol. The second kappa shape index (κ2) is 5.24. The maximum absolute atomic E-state index is 13.5. The highest BCUT2D eigenvalue weighted by Gasteiger charge is 2.26. The van der Waals surface area contributed by atoms with Crippen molar-refractivity contribution in [2.45, 2.75) is 0 Å². The van der Waals surface area contributed by atoms with E-state index in [9.17, 15) is 24.1 Å². The van der Waals surface area contributed by atoms with Crippen molar-refractivity contribution in [2.24, 2.45) is 0 Å². The number of benzene rings is 1. The van der Waals surface area contributed by atoms with Crippen molar-refractivity contribution >= 4 is 17.5 Å². The quantitative estimate of drug-likeness (QED) is 0.588. The molecule has 0 aromatic heterocycles. The van der Waals surface area contributed by atoms with Crippen molar-refractivity contribution < 1.29 is 18.9 Å². The first-order valence-electron chi connectivity index (χ1n) is 5.87. The Kier molecular flexibility index (Phi) is 3.64. The zero-order chi connectivity index (χ0) is 14.9. The molecule has 0 spiro atoms. The van der Waals surface area contributed by atoms with Crippen molar-refractivity contribution in [2.75, 3.05) is 26.7 Å². The van der Waals surface area contributed by atoms with Crippen LogP contribution in [0, 0.1) is 15.9 Å². The molecule has 1 aliphatic heterocycles. The van der Waals surface area contributed by atoms with Crippen LogP contribution >= 0.6 is 0 Å². The monoisotopic (exact) mass is 281 g/mol. The first kappa shape index (κ1) is 13.9. The van der Waals surface area contributed by atoms with Gasteiger partial charge in [0, 0.05) is 31.8 Å². The molecule has 106 valence electrons. The van der Waals surface area contributed by atoms with Crippen LogP contribution in [0.3, 0.4) is 0 Å². The minimum atomic E-state index is -1.07. The smallest absolute Gasteiger partial charge is 0.304 e. The van der Waals surface area contributed by atoms with Gasteiger partial charge in [0.15, 0.2) is 0 Å². The van der Waals surface area contributed by atoms with Gasteiger partial charge in [0.2, 0.25) is 11.7 Å². The third kappa shape index (κ3) is 2.58. The molecule has 0 aliphatic carbocycles. The normalized spacial score (nSPS) is 15.4. The molecule has 0 unspecified atom stereocenters. The summed E-state index contributed by atoms with van der Waals surface area (Å²) >= 11 is 0. The van der Waals surface area contributed by atoms with E-state index in [-0.39, 0.29) is 18.0 Å². The molecule has 1 saturated heterocycles. The number of likely N-dealkylation sites (N-methyl/N-ethyl adjacent to an activating group) is 1. The van der Waals surface area contributed by atoms with Gasteiger partial charge in [-0.2, -0.15) is 4.39 Å². The number of hydrogen-bond acceptors (Lipinski definition) is 4. The topological polar surface area (TPSA) is 83.8 Å². The zero-order valence-electron chi connectivity index (χ0n) is 10.7. The Morgan fingerprint density at radius 1 is 1.40 bits per heavy atom. The van der Waals surface area contributed by atoms with Gasteiger partial charge >= 0.3 is 5.69 Å². The van der Waals surface area contributed by atoms with Gasteiger partial charge in [-0.05, 0) is 12.1 Å². The predicted molar refractivity (Wildman–Crippen MR) is 66.6 cm³/mol. The number of rotatable bonds is 2. The highest BCUT2D eigenvalue weighted by molar-refractivity contribution is 5.97. The molecule has 2 rings (SSSR count). The van der Waals surface area contributed by atoms with Crippen molar-refractivity contribution in [3.05, 3.63) is 39.7 Å². The van der Waals surface area contributed by atoms with Crippen molar-refractivity contribution in [3.8, 4) is 0 Å². The first-order chi connectivity index (χ1) is 9.40. The molecule has 0 radical (unpaired) electrons. The molecule has 1 heterocycles. The molecule has 0 bridgehead atoms. The molecule has 1 aliphatic rings. The summed E-state index contributed by atoms with van der Waals surface area (Å²) in [6, 6.07) is 2.95. The van der Waals surface area contributed by atoms with E-state index in [1.165, 1.54) is 15.9 Å². The van der Waals surface area contributed by atoms with Crippen LogP contribution in [0.25, 0.3) is 0 Å². The lowest BCUT2D eigenvalue weighted by atomic mass is 10.1. The van der Waals surface area contributed by atoms with Gasteiger partial charge in [0.25, 0.3) is 5.91 Å². The van der Waals surface area contributed by atoms with Gasteiger partial charge in [0.05, 0.1) is 4.92 Å². The lowest BCUT2D eigenvalue weighted by Gasteiger charge is -2.32. The summed E-state index contributed by atoms with van der Waals surface area (Å²) in [5.41, 5.74) is -0.693. The highest BCUT2D eigenvalue weighted by atomic mass is 19.1. The van der Waals surface area contributed by atoms with Crippen LogP contribution in [-0.2, 0) is 4.79 Å². The number of carbonyl (C=O) groups is 2. The molecule has 1 aromatic rings. The molecular weight excluding hydrogens is 269 g/mol. The lowest BCUT2D eigenvalue weighted by Crippen LogP contribution is -2.50. The summed E-state index contributed by atoms with van der Waals surface area (Å²) in [5.74, 6) is -1.78. The SMILES string of the molecule is CN1CCN(C(=O)c2ccc([N+](=O)[O-])c(F)c2)CC1=O. The van der Waals surface area contributed by atoms with Crippen LogP contribution in [-0.4, -0.2) is 53.2 Å². The fraction of sp³-hybridized carbons (Fsp3) is 0.333. The number of carbonyl (C=O) groups excluding carboxylic acids is 2. The highest BCUT2D eigenvalue weighted by Crippen LogP contribution is 2.19. The van der Waals surface area contributed by atoms with Crippen molar-refractivity contribution in [1.29, 1.82) is 0 Å². The van der Waals surface area contributed by atoms with E-state index < -0.39 is 22.3 Å². The maximum atomic E-state index is 13.5. The zero-order valence-corrected chi connectivity index (χ0v) is 10.7. The van der Waals surface area contributed by atoms with E-state index in [0.717, 1.165) is 12.1 Å². The van der Waals surface area contributed by atoms with E-state index in [4.69, 9.17) is 0 Å². The van der Waals surface area contributed by atoms with Crippen LogP contribution in [0.15, 0.2) is 18.2 Å². The van der Waals surface area contributed by atoms with Gasteiger partial charge in [-0.25, -0.2) is 0 Å². The van der Waals surface area contributed by atoms with Crippen molar-refractivity contribution in [3.63, 3.8) is 0 Å². The largest absolute Gasteiger partial charge is 0.342 e. The van der Waals surface area contributed by atoms with E-state index in [1.54, 1.807) is 7.05 Å². The molecule has 0 N–H and O–H groups in total. The molecule has 1 aromatic carbocycles. The van der Waals surface area contributed by atoms with Crippen LogP contribution in [0.4, 0.5) is 10.1 Å². The fourth-order valence-electron chi connectivity index (χ4n) is 1.90. The molecule has 2 amide bonds. The molecule has 0 atom stereocenters. The van der Waals surface area contributed by atoms with Crippen LogP contribution in [0.2, 0.25) is 0 Å². The van der Waals surface area contributed by atoms with Gasteiger partial charge in [0.1, 0.15) is 6.54 Å². The Bertz CT molecular complexity index is 590. The van der Waals surface area contributed by atoms with Gasteiger partial charge in [-0.1, -0.05) is 0 Å². The summed E-state index contributed by atoms with van der Waals surface area (Å²) in [6.45, 7) is 0.674. The Labute approximate surface area is 113 Å². The van der Waals surface area contributed by atoms with Crippen LogP contribution in [0.5, 0.6) is 0 Å². The lowest BCUT2D eigenvalue weighted by molar-refractivity contribution is -0.387. The Morgan fingerprint density at radius 2 is 2.10 bits per heavy atom. The first-order valence-corrected chi connectivity index (χ1v) is 5.87. The second-order valence-corrected chi connectivity index (χ2v) is 4.47. The van der Waals surface area contributed by atoms with E-state index in [2.05, 4.69) is 0 Å². The molecule has 1 fully saturated rings. The summed E-state index contributed by atoms with van der Waals surface area (Å²) < 4.78 is 13.5. The number of nitro groups is 1. The minimum Gasteiger partial charge on any atom is -0.342 e. The van der Waals surface area contributed by atoms with Crippen LogP contribution in [0.1, 0.15) is 10.4 Å². The van der Waals surface area contributed by atoms with Crippen molar-refractivity contribution in [1.82, 2.24) is 9.80 Å². The molecule has 7 nitrogen and oxygen atoms in total. The second-order valence-electron chi connectivity index (χ2n) is 4.47. The average Bonchev–Trinajstić information content (AvgIpc) is 2.40. The summed E-state index contributed by atoms with van der Waals surface area (Å²) in [4.78, 5) is 36.1. The molecule has 8 heteroatoms. The number of nitro benzene ring substituents is 1. The summed E-state index contributed by atoms with van der Waals surface area (Å²) in [5, 5.41) is 10.5. The van der Waals surface area contributed by atoms with Gasteiger partial charge in [-0.15, -0.1) is 0 Å².